The second kappa shape index (κ2) is 7.44. The van der Waals surface area contributed by atoms with Crippen LogP contribution in [0.2, 0.25) is 0 Å². The van der Waals surface area contributed by atoms with E-state index in [4.69, 9.17) is 0 Å². The van der Waals surface area contributed by atoms with Gasteiger partial charge in [-0.1, -0.05) is 63.9 Å². The molecule has 1 amide bonds. The normalized spacial score (nSPS) is 26.4. The first-order valence-electron chi connectivity index (χ1n) is 8.18. The van der Waals surface area contributed by atoms with Gasteiger partial charge < -0.3 is 5.32 Å². The molecule has 114 valence electrons. The predicted octanol–water partition coefficient (Wildman–Crippen LogP) is 4.42. The largest absolute Gasteiger partial charge is 0.349 e. The SMILES string of the molecule is CC/C(=C\c1ccccc1)C(=O)NC1CCCC(C)C1C. The van der Waals surface area contributed by atoms with E-state index in [9.17, 15) is 4.79 Å². The van der Waals surface area contributed by atoms with Crippen LogP contribution in [0.3, 0.4) is 0 Å². The minimum atomic E-state index is 0.104. The number of hydrogen-bond donors (Lipinski definition) is 1. The lowest BCUT2D eigenvalue weighted by atomic mass is 9.78. The molecule has 1 fully saturated rings. The fraction of sp³-hybridized carbons (Fsp3) is 0.526. The third-order valence-electron chi connectivity index (χ3n) is 4.84. The van der Waals surface area contributed by atoms with Gasteiger partial charge in [-0.05, 0) is 36.3 Å². The van der Waals surface area contributed by atoms with Crippen LogP contribution in [0.25, 0.3) is 6.08 Å². The van der Waals surface area contributed by atoms with Crippen LogP contribution in [-0.2, 0) is 4.79 Å². The van der Waals surface area contributed by atoms with Gasteiger partial charge in [0, 0.05) is 11.6 Å². The Bertz CT molecular complexity index is 492. The molecule has 0 spiro atoms. The maximum absolute atomic E-state index is 12.5. The number of benzene rings is 1. The van der Waals surface area contributed by atoms with Crippen molar-refractivity contribution in [1.82, 2.24) is 5.32 Å². The number of carbonyl (C=O) groups is 1. The van der Waals surface area contributed by atoms with Gasteiger partial charge in [-0.3, -0.25) is 4.79 Å². The Kier molecular flexibility index (Phi) is 5.60. The molecule has 1 aromatic rings. The first-order valence-corrected chi connectivity index (χ1v) is 8.18. The summed E-state index contributed by atoms with van der Waals surface area (Å²) in [5.74, 6) is 1.37. The van der Waals surface area contributed by atoms with Crippen LogP contribution < -0.4 is 5.32 Å². The molecule has 0 aromatic heterocycles. The smallest absolute Gasteiger partial charge is 0.247 e. The summed E-state index contributed by atoms with van der Waals surface area (Å²) in [7, 11) is 0. The molecule has 3 unspecified atom stereocenters. The summed E-state index contributed by atoms with van der Waals surface area (Å²) in [6, 6.07) is 10.4. The van der Waals surface area contributed by atoms with Crippen molar-refractivity contribution in [3.8, 4) is 0 Å². The Balaban J connectivity index is 2.05. The summed E-state index contributed by atoms with van der Waals surface area (Å²) in [5, 5.41) is 3.26. The van der Waals surface area contributed by atoms with Gasteiger partial charge in [0.15, 0.2) is 0 Å². The van der Waals surface area contributed by atoms with Crippen molar-refractivity contribution in [2.24, 2.45) is 11.8 Å². The molecule has 0 saturated heterocycles. The van der Waals surface area contributed by atoms with Crippen molar-refractivity contribution in [1.29, 1.82) is 0 Å². The van der Waals surface area contributed by atoms with E-state index in [1.54, 1.807) is 0 Å². The van der Waals surface area contributed by atoms with Gasteiger partial charge in [0.2, 0.25) is 5.91 Å². The van der Waals surface area contributed by atoms with Gasteiger partial charge in [-0.25, -0.2) is 0 Å². The molecule has 1 saturated carbocycles. The quantitative estimate of drug-likeness (QED) is 0.815. The third-order valence-corrected chi connectivity index (χ3v) is 4.84. The molecular formula is C19H27NO. The highest BCUT2D eigenvalue weighted by Crippen LogP contribution is 2.29. The van der Waals surface area contributed by atoms with Crippen molar-refractivity contribution < 1.29 is 4.79 Å². The summed E-state index contributed by atoms with van der Waals surface area (Å²) in [6.07, 6.45) is 6.39. The lowest BCUT2D eigenvalue weighted by Crippen LogP contribution is -2.44. The topological polar surface area (TPSA) is 29.1 Å². The molecule has 2 heteroatoms. The lowest BCUT2D eigenvalue weighted by Gasteiger charge is -2.34. The zero-order chi connectivity index (χ0) is 15.2. The van der Waals surface area contributed by atoms with Crippen molar-refractivity contribution >= 4 is 12.0 Å². The first-order chi connectivity index (χ1) is 10.1. The molecule has 21 heavy (non-hydrogen) atoms. The average Bonchev–Trinajstić information content (AvgIpc) is 2.50. The maximum Gasteiger partial charge on any atom is 0.247 e. The highest BCUT2D eigenvalue weighted by Gasteiger charge is 2.28. The molecule has 1 aromatic carbocycles. The molecular weight excluding hydrogens is 258 g/mol. The van der Waals surface area contributed by atoms with E-state index in [-0.39, 0.29) is 5.91 Å². The monoisotopic (exact) mass is 285 g/mol. The van der Waals surface area contributed by atoms with Crippen LogP contribution in [0.1, 0.15) is 52.0 Å². The molecule has 3 atom stereocenters. The Morgan fingerprint density at radius 3 is 2.62 bits per heavy atom. The second-order valence-corrected chi connectivity index (χ2v) is 6.28. The molecule has 1 aliphatic rings. The van der Waals surface area contributed by atoms with Crippen LogP contribution in [0.4, 0.5) is 0 Å². The van der Waals surface area contributed by atoms with Crippen LogP contribution in [-0.4, -0.2) is 11.9 Å². The molecule has 1 N–H and O–H groups in total. The highest BCUT2D eigenvalue weighted by atomic mass is 16.1. The number of amides is 1. The van der Waals surface area contributed by atoms with Crippen molar-refractivity contribution in [2.75, 3.05) is 0 Å². The van der Waals surface area contributed by atoms with Crippen molar-refractivity contribution in [2.45, 2.75) is 52.5 Å². The van der Waals surface area contributed by atoms with Crippen LogP contribution in [0.5, 0.6) is 0 Å². The summed E-state index contributed by atoms with van der Waals surface area (Å²) in [6.45, 7) is 6.60. The number of hydrogen-bond acceptors (Lipinski definition) is 1. The first kappa shape index (κ1) is 15.8. The number of carbonyl (C=O) groups excluding carboxylic acids is 1. The lowest BCUT2D eigenvalue weighted by molar-refractivity contribution is -0.118. The molecule has 0 bridgehead atoms. The van der Waals surface area contributed by atoms with E-state index in [2.05, 4.69) is 19.2 Å². The summed E-state index contributed by atoms with van der Waals surface area (Å²) >= 11 is 0. The minimum absolute atomic E-state index is 0.104. The highest BCUT2D eigenvalue weighted by molar-refractivity contribution is 5.97. The van der Waals surface area contributed by atoms with Gasteiger partial charge in [-0.15, -0.1) is 0 Å². The van der Waals surface area contributed by atoms with Crippen molar-refractivity contribution in [3.05, 3.63) is 41.5 Å². The van der Waals surface area contributed by atoms with Gasteiger partial charge in [0.05, 0.1) is 0 Å². The Hall–Kier alpha value is -1.57. The van der Waals surface area contributed by atoms with E-state index in [0.29, 0.717) is 17.9 Å². The minimum Gasteiger partial charge on any atom is -0.349 e. The number of nitrogens with one attached hydrogen (secondary N) is 1. The standard InChI is InChI=1S/C19H27NO/c1-4-17(13-16-10-6-5-7-11-16)19(21)20-18-12-8-9-14(2)15(18)3/h5-7,10-11,13-15,18H,4,8-9,12H2,1-3H3,(H,20,21)/b17-13+. The van der Waals surface area contributed by atoms with E-state index in [1.807, 2.05) is 43.3 Å². The van der Waals surface area contributed by atoms with E-state index >= 15 is 0 Å². The van der Waals surface area contributed by atoms with E-state index in [1.165, 1.54) is 12.8 Å². The molecule has 0 radical (unpaired) electrons. The zero-order valence-corrected chi connectivity index (χ0v) is 13.4. The second-order valence-electron chi connectivity index (χ2n) is 6.28. The fourth-order valence-corrected chi connectivity index (χ4v) is 3.13. The molecule has 2 nitrogen and oxygen atoms in total. The summed E-state index contributed by atoms with van der Waals surface area (Å²) in [5.41, 5.74) is 1.96. The fourth-order valence-electron chi connectivity index (χ4n) is 3.13. The maximum atomic E-state index is 12.5. The van der Waals surface area contributed by atoms with Crippen molar-refractivity contribution in [3.63, 3.8) is 0 Å². The summed E-state index contributed by atoms with van der Waals surface area (Å²) in [4.78, 5) is 12.5. The van der Waals surface area contributed by atoms with Gasteiger partial charge in [0.25, 0.3) is 0 Å². The number of rotatable bonds is 4. The zero-order valence-electron chi connectivity index (χ0n) is 13.4. The van der Waals surface area contributed by atoms with E-state index < -0.39 is 0 Å². The predicted molar refractivity (Wildman–Crippen MR) is 88.8 cm³/mol. The Labute approximate surface area is 128 Å². The van der Waals surface area contributed by atoms with Crippen LogP contribution in [0.15, 0.2) is 35.9 Å². The Morgan fingerprint density at radius 2 is 1.95 bits per heavy atom. The van der Waals surface area contributed by atoms with Gasteiger partial charge in [0.1, 0.15) is 0 Å². The molecule has 0 heterocycles. The summed E-state index contributed by atoms with van der Waals surface area (Å²) < 4.78 is 0. The van der Waals surface area contributed by atoms with E-state index in [0.717, 1.165) is 24.0 Å². The molecule has 2 rings (SSSR count). The van der Waals surface area contributed by atoms with Crippen LogP contribution >= 0.6 is 0 Å². The molecule has 0 aliphatic heterocycles. The van der Waals surface area contributed by atoms with Gasteiger partial charge in [-0.2, -0.15) is 0 Å². The Morgan fingerprint density at radius 1 is 1.24 bits per heavy atom. The average molecular weight is 285 g/mol. The molecule has 1 aliphatic carbocycles. The van der Waals surface area contributed by atoms with Gasteiger partial charge >= 0.3 is 0 Å². The third kappa shape index (κ3) is 4.20. The van der Waals surface area contributed by atoms with Crippen LogP contribution in [0, 0.1) is 11.8 Å².